The highest BCUT2D eigenvalue weighted by atomic mass is 16.6. The number of carbonyl (C=O) groups excluding carboxylic acids is 6. The summed E-state index contributed by atoms with van der Waals surface area (Å²) >= 11 is 0. The molecule has 6 rings (SSSR count). The topological polar surface area (TPSA) is 158 Å². The molecule has 12 heteroatoms. The Kier molecular flexibility index (Phi) is 9.50. The number of hydrogen-bond donors (Lipinski definition) is 0. The van der Waals surface area contributed by atoms with Crippen molar-refractivity contribution in [2.45, 2.75) is 111 Å². The molecule has 0 aromatic heterocycles. The van der Waals surface area contributed by atoms with Gasteiger partial charge in [-0.05, 0) is 53.4 Å². The highest BCUT2D eigenvalue weighted by molar-refractivity contribution is 5.87. The number of carbonyl (C=O) groups is 6. The van der Waals surface area contributed by atoms with Gasteiger partial charge in [-0.25, -0.2) is 0 Å². The summed E-state index contributed by atoms with van der Waals surface area (Å²) in [6, 6.07) is 0. The molecule has 12 nitrogen and oxygen atoms in total. The summed E-state index contributed by atoms with van der Waals surface area (Å²) in [4.78, 5) is 73.4. The van der Waals surface area contributed by atoms with Crippen LogP contribution in [-0.4, -0.2) is 72.4 Å². The van der Waals surface area contributed by atoms with E-state index in [1.807, 2.05) is 27.7 Å². The van der Waals surface area contributed by atoms with Gasteiger partial charge in [0, 0.05) is 23.7 Å². The van der Waals surface area contributed by atoms with Crippen molar-refractivity contribution in [3.63, 3.8) is 0 Å². The van der Waals surface area contributed by atoms with Gasteiger partial charge in [0.1, 0.15) is 30.0 Å². The lowest BCUT2D eigenvalue weighted by molar-refractivity contribution is -0.173. The molecule has 4 saturated carbocycles. The van der Waals surface area contributed by atoms with Crippen molar-refractivity contribution in [3.05, 3.63) is 0 Å². The minimum Gasteiger partial charge on any atom is -0.466 e. The minimum atomic E-state index is -0.621. The van der Waals surface area contributed by atoms with Gasteiger partial charge in [-0.1, -0.05) is 27.7 Å². The van der Waals surface area contributed by atoms with Crippen LogP contribution in [0, 0.1) is 59.2 Å². The maximum atomic E-state index is 12.6. The average molecular weight is 649 g/mol. The van der Waals surface area contributed by atoms with Crippen molar-refractivity contribution in [1.82, 2.24) is 0 Å². The zero-order valence-electron chi connectivity index (χ0n) is 28.0. The number of esters is 6. The van der Waals surface area contributed by atoms with Crippen LogP contribution in [0.4, 0.5) is 0 Å². The number of ether oxygens (including phenoxy) is 6. The van der Waals surface area contributed by atoms with Crippen LogP contribution in [-0.2, 0) is 57.2 Å². The van der Waals surface area contributed by atoms with Crippen LogP contribution in [0.2, 0.25) is 0 Å². The lowest BCUT2D eigenvalue weighted by Crippen LogP contribution is -2.45. The first kappa shape index (κ1) is 34.2. The maximum absolute atomic E-state index is 12.6. The van der Waals surface area contributed by atoms with Gasteiger partial charge in [0.2, 0.25) is 0 Å². The molecule has 2 aliphatic heterocycles. The van der Waals surface area contributed by atoms with Crippen molar-refractivity contribution in [3.8, 4) is 0 Å². The summed E-state index contributed by atoms with van der Waals surface area (Å²) in [6.45, 7) is 14.9. The summed E-state index contributed by atoms with van der Waals surface area (Å²) < 4.78 is 32.7. The fourth-order valence-corrected chi connectivity index (χ4v) is 8.38. The Morgan fingerprint density at radius 2 is 1.13 bits per heavy atom. The summed E-state index contributed by atoms with van der Waals surface area (Å²) in [5.74, 6) is -4.88. The first-order chi connectivity index (χ1) is 21.6. The molecule has 14 unspecified atom stereocenters. The highest BCUT2D eigenvalue weighted by Gasteiger charge is 2.71. The number of hydrogen-bond acceptors (Lipinski definition) is 12. The third kappa shape index (κ3) is 5.89. The van der Waals surface area contributed by atoms with Crippen molar-refractivity contribution < 1.29 is 57.2 Å². The molecule has 0 aromatic rings. The molecule has 0 N–H and O–H groups in total. The zero-order valence-corrected chi connectivity index (χ0v) is 28.0. The molecule has 6 fully saturated rings. The summed E-state index contributed by atoms with van der Waals surface area (Å²) in [7, 11) is 0. The summed E-state index contributed by atoms with van der Waals surface area (Å²) in [5.41, 5.74) is -0.621. The lowest BCUT2D eigenvalue weighted by Gasteiger charge is -2.32. The number of fused-ring (bicyclic) bond motifs is 2. The Morgan fingerprint density at radius 3 is 1.50 bits per heavy atom. The second-order valence-corrected chi connectivity index (χ2v) is 14.7. The van der Waals surface area contributed by atoms with Gasteiger partial charge in [-0.2, -0.15) is 0 Å². The van der Waals surface area contributed by atoms with Gasteiger partial charge in [-0.15, -0.1) is 0 Å². The monoisotopic (exact) mass is 648 g/mol. The molecule has 0 aromatic carbocycles. The maximum Gasteiger partial charge on any atom is 0.310 e. The Balaban J connectivity index is 0.000000182. The van der Waals surface area contributed by atoms with E-state index >= 15 is 0 Å². The van der Waals surface area contributed by atoms with E-state index in [9.17, 15) is 28.8 Å². The zero-order chi connectivity index (χ0) is 33.8. The van der Waals surface area contributed by atoms with E-state index in [2.05, 4.69) is 0 Å². The van der Waals surface area contributed by atoms with Gasteiger partial charge >= 0.3 is 35.8 Å². The third-order valence-corrected chi connectivity index (χ3v) is 10.9. The molecule has 2 heterocycles. The van der Waals surface area contributed by atoms with E-state index < -0.39 is 47.6 Å². The molecule has 0 spiro atoms. The predicted octanol–water partition coefficient (Wildman–Crippen LogP) is 3.41. The van der Waals surface area contributed by atoms with Crippen LogP contribution < -0.4 is 0 Å². The molecule has 14 atom stereocenters. The summed E-state index contributed by atoms with van der Waals surface area (Å²) in [6.07, 6.45) is 0.892. The van der Waals surface area contributed by atoms with Crippen LogP contribution >= 0.6 is 0 Å². The molecule has 0 radical (unpaired) electrons. The smallest absolute Gasteiger partial charge is 0.310 e. The molecule has 2 saturated heterocycles. The predicted molar refractivity (Wildman–Crippen MR) is 158 cm³/mol. The van der Waals surface area contributed by atoms with E-state index in [4.69, 9.17) is 28.4 Å². The number of rotatable bonds is 9. The van der Waals surface area contributed by atoms with Gasteiger partial charge in [0.05, 0.1) is 42.1 Å². The molecule has 256 valence electrons. The first-order valence-electron chi connectivity index (χ1n) is 16.8. The van der Waals surface area contributed by atoms with Crippen LogP contribution in [0.1, 0.15) is 81.1 Å². The van der Waals surface area contributed by atoms with E-state index in [-0.39, 0.29) is 84.0 Å². The normalized spacial score (nSPS) is 38.7. The second kappa shape index (κ2) is 12.8. The molecule has 4 aliphatic carbocycles. The Labute approximate surface area is 269 Å². The lowest BCUT2D eigenvalue weighted by atomic mass is 9.78. The van der Waals surface area contributed by atoms with Gasteiger partial charge in [0.15, 0.2) is 0 Å². The van der Waals surface area contributed by atoms with Crippen LogP contribution in [0.3, 0.4) is 0 Å². The van der Waals surface area contributed by atoms with Crippen molar-refractivity contribution in [1.29, 1.82) is 0 Å². The molecular formula is C34H48O12. The third-order valence-electron chi connectivity index (χ3n) is 10.9. The summed E-state index contributed by atoms with van der Waals surface area (Å²) in [5, 5.41) is 0. The van der Waals surface area contributed by atoms with E-state index in [1.165, 1.54) is 0 Å². The van der Waals surface area contributed by atoms with Gasteiger partial charge in [-0.3, -0.25) is 28.8 Å². The molecular weight excluding hydrogens is 600 g/mol. The Bertz CT molecular complexity index is 1250. The van der Waals surface area contributed by atoms with Crippen LogP contribution in [0.15, 0.2) is 0 Å². The molecule has 6 aliphatic rings. The van der Waals surface area contributed by atoms with Crippen molar-refractivity contribution >= 4 is 35.8 Å². The first-order valence-corrected chi connectivity index (χ1v) is 16.8. The molecule has 46 heavy (non-hydrogen) atoms. The fraction of sp³-hybridized carbons (Fsp3) is 0.824. The largest absolute Gasteiger partial charge is 0.466 e. The fourth-order valence-electron chi connectivity index (χ4n) is 8.38. The van der Waals surface area contributed by atoms with E-state index in [1.54, 1.807) is 27.7 Å². The van der Waals surface area contributed by atoms with Crippen molar-refractivity contribution in [2.75, 3.05) is 6.61 Å². The highest BCUT2D eigenvalue weighted by Crippen LogP contribution is 2.60. The average Bonchev–Trinajstić information content (AvgIpc) is 3.80. The SMILES string of the molecule is CCC(C)C(=O)OC1C2CC3C1OC(=O)C3C2C(=O)OC(C)(C)C.CCOC(=O)C1C2CC3C(OC(=O)C31)C2OC(=O)C(C)CC. The van der Waals surface area contributed by atoms with Crippen molar-refractivity contribution in [2.24, 2.45) is 59.2 Å². The Hall–Kier alpha value is -3.18. The Morgan fingerprint density at radius 1 is 0.717 bits per heavy atom. The molecule has 0 amide bonds. The standard InChI is InChI=1S/C18H26O6.C16H22O6/c1-6-8(2)15(19)22-13-10-7-9-11(16(20)23-14(9)13)12(10)17(21)24-18(3,4)5;1-4-7(3)14(17)21-12-8-6-9-11(16(19)22-13(9)12)10(8)15(18)20-5-2/h8-14H,6-7H2,1-5H3;7-13H,4-6H2,1-3H3. The van der Waals surface area contributed by atoms with Crippen LogP contribution in [0.5, 0.6) is 0 Å². The van der Waals surface area contributed by atoms with Gasteiger partial charge in [0.25, 0.3) is 0 Å². The second-order valence-electron chi connectivity index (χ2n) is 14.7. The molecule has 4 bridgehead atoms. The quantitative estimate of drug-likeness (QED) is 0.265. The van der Waals surface area contributed by atoms with E-state index in [0.717, 1.165) is 0 Å². The van der Waals surface area contributed by atoms with Gasteiger partial charge < -0.3 is 28.4 Å². The van der Waals surface area contributed by atoms with Crippen LogP contribution in [0.25, 0.3) is 0 Å². The van der Waals surface area contributed by atoms with E-state index in [0.29, 0.717) is 25.7 Å². The minimum absolute atomic E-state index is 0.0263.